The van der Waals surface area contributed by atoms with E-state index in [2.05, 4.69) is 50.4 Å². The highest BCUT2D eigenvalue weighted by Crippen LogP contribution is 2.13. The lowest BCUT2D eigenvalue weighted by atomic mass is 10.0. The molecule has 0 bridgehead atoms. The first-order chi connectivity index (χ1) is 8.17. The molecule has 17 heavy (non-hydrogen) atoms. The van der Waals surface area contributed by atoms with Crippen LogP contribution in [0.1, 0.15) is 50.8 Å². The fourth-order valence-corrected chi connectivity index (χ4v) is 1.91. The minimum absolute atomic E-state index is 0.225. The van der Waals surface area contributed by atoms with Crippen molar-refractivity contribution in [2.24, 2.45) is 0 Å². The fourth-order valence-electron chi connectivity index (χ4n) is 1.91. The first-order valence-electron chi connectivity index (χ1n) is 6.67. The number of hydrogen-bond acceptors (Lipinski definition) is 2. The summed E-state index contributed by atoms with van der Waals surface area (Å²) in [5.41, 5.74) is 2.65. The van der Waals surface area contributed by atoms with Gasteiger partial charge in [0.25, 0.3) is 0 Å². The molecule has 0 fully saturated rings. The minimum Gasteiger partial charge on any atom is -0.392 e. The summed E-state index contributed by atoms with van der Waals surface area (Å²) < 4.78 is 0. The molecule has 2 N–H and O–H groups in total. The summed E-state index contributed by atoms with van der Waals surface area (Å²) in [5.74, 6) is 0. The normalized spacial score (nSPS) is 14.6. The first kappa shape index (κ1) is 14.2. The Labute approximate surface area is 105 Å². The second-order valence-corrected chi connectivity index (χ2v) is 4.67. The molecule has 0 aliphatic rings. The zero-order chi connectivity index (χ0) is 12.7. The summed E-state index contributed by atoms with van der Waals surface area (Å²) in [6.45, 7) is 7.07. The van der Waals surface area contributed by atoms with Crippen LogP contribution in [0.2, 0.25) is 0 Å². The lowest BCUT2D eigenvalue weighted by molar-refractivity contribution is 0.157. The van der Waals surface area contributed by atoms with E-state index in [4.69, 9.17) is 0 Å². The molecule has 0 amide bonds. The first-order valence-corrected chi connectivity index (χ1v) is 6.67. The molecule has 0 radical (unpaired) electrons. The van der Waals surface area contributed by atoms with Gasteiger partial charge in [-0.3, -0.25) is 0 Å². The Kier molecular flexibility index (Phi) is 6.23. The van der Waals surface area contributed by atoms with Crippen LogP contribution in [-0.2, 0) is 6.42 Å². The van der Waals surface area contributed by atoms with E-state index in [9.17, 15) is 5.11 Å². The van der Waals surface area contributed by atoms with Gasteiger partial charge in [0.05, 0.1) is 6.10 Å². The zero-order valence-corrected chi connectivity index (χ0v) is 11.2. The van der Waals surface area contributed by atoms with E-state index in [0.29, 0.717) is 12.6 Å². The van der Waals surface area contributed by atoms with Gasteiger partial charge in [0.1, 0.15) is 0 Å². The van der Waals surface area contributed by atoms with Crippen LogP contribution < -0.4 is 5.32 Å². The van der Waals surface area contributed by atoms with Crippen LogP contribution in [0.4, 0.5) is 0 Å². The topological polar surface area (TPSA) is 32.3 Å². The van der Waals surface area contributed by atoms with E-state index in [0.717, 1.165) is 19.3 Å². The molecular weight excluding hydrogens is 210 g/mol. The van der Waals surface area contributed by atoms with Crippen molar-refractivity contribution in [3.63, 3.8) is 0 Å². The maximum absolute atomic E-state index is 9.66. The standard InChI is InChI=1S/C15H25NO/c1-4-6-15(17)11-16-12(3)14-9-7-13(5-2)8-10-14/h7-10,12,15-17H,4-6,11H2,1-3H3. The van der Waals surface area contributed by atoms with E-state index in [1.807, 2.05) is 0 Å². The number of rotatable bonds is 7. The Hall–Kier alpha value is -0.860. The van der Waals surface area contributed by atoms with Crippen LogP contribution in [-0.4, -0.2) is 17.8 Å². The van der Waals surface area contributed by atoms with E-state index in [1.54, 1.807) is 0 Å². The van der Waals surface area contributed by atoms with E-state index in [-0.39, 0.29) is 6.10 Å². The van der Waals surface area contributed by atoms with Gasteiger partial charge in [-0.2, -0.15) is 0 Å². The molecule has 0 heterocycles. The molecule has 1 aromatic carbocycles. The molecule has 0 saturated carbocycles. The third-order valence-electron chi connectivity index (χ3n) is 3.17. The summed E-state index contributed by atoms with van der Waals surface area (Å²) >= 11 is 0. The second kappa shape index (κ2) is 7.46. The number of benzene rings is 1. The summed E-state index contributed by atoms with van der Waals surface area (Å²) in [6, 6.07) is 8.99. The monoisotopic (exact) mass is 235 g/mol. The molecule has 0 saturated heterocycles. The molecule has 96 valence electrons. The van der Waals surface area contributed by atoms with Gasteiger partial charge in [-0.1, -0.05) is 44.5 Å². The van der Waals surface area contributed by atoms with Gasteiger partial charge in [0.2, 0.25) is 0 Å². The molecule has 0 spiro atoms. The third-order valence-corrected chi connectivity index (χ3v) is 3.17. The Morgan fingerprint density at radius 1 is 1.18 bits per heavy atom. The molecule has 1 rings (SSSR count). The van der Waals surface area contributed by atoms with E-state index in [1.165, 1.54) is 11.1 Å². The molecule has 2 unspecified atom stereocenters. The molecular formula is C15H25NO. The van der Waals surface area contributed by atoms with Crippen molar-refractivity contribution >= 4 is 0 Å². The molecule has 0 aliphatic heterocycles. The Balaban J connectivity index is 2.43. The largest absolute Gasteiger partial charge is 0.392 e. The maximum atomic E-state index is 9.66. The number of aliphatic hydroxyl groups is 1. The van der Waals surface area contributed by atoms with Crippen molar-refractivity contribution in [2.45, 2.75) is 52.2 Å². The van der Waals surface area contributed by atoms with Gasteiger partial charge in [-0.05, 0) is 30.9 Å². The van der Waals surface area contributed by atoms with Crippen molar-refractivity contribution in [3.05, 3.63) is 35.4 Å². The quantitative estimate of drug-likeness (QED) is 0.761. The van der Waals surface area contributed by atoms with Crippen molar-refractivity contribution in [1.29, 1.82) is 0 Å². The number of aliphatic hydroxyl groups excluding tert-OH is 1. The van der Waals surface area contributed by atoms with Crippen molar-refractivity contribution in [1.82, 2.24) is 5.32 Å². The van der Waals surface area contributed by atoms with Gasteiger partial charge < -0.3 is 10.4 Å². The highest BCUT2D eigenvalue weighted by atomic mass is 16.3. The molecule has 2 atom stereocenters. The Bertz CT molecular complexity index is 307. The van der Waals surface area contributed by atoms with Crippen molar-refractivity contribution in [3.8, 4) is 0 Å². The predicted molar refractivity (Wildman–Crippen MR) is 73.2 cm³/mol. The minimum atomic E-state index is -0.225. The van der Waals surface area contributed by atoms with Crippen LogP contribution >= 0.6 is 0 Å². The van der Waals surface area contributed by atoms with E-state index < -0.39 is 0 Å². The van der Waals surface area contributed by atoms with E-state index >= 15 is 0 Å². The van der Waals surface area contributed by atoms with Crippen molar-refractivity contribution in [2.75, 3.05) is 6.54 Å². The van der Waals surface area contributed by atoms with Crippen LogP contribution in [0, 0.1) is 0 Å². The summed E-state index contributed by atoms with van der Waals surface area (Å²) in [5, 5.41) is 13.0. The average molecular weight is 235 g/mol. The predicted octanol–water partition coefficient (Wildman–Crippen LogP) is 3.06. The van der Waals surface area contributed by atoms with Crippen LogP contribution in [0.3, 0.4) is 0 Å². The maximum Gasteiger partial charge on any atom is 0.0664 e. The smallest absolute Gasteiger partial charge is 0.0664 e. The molecule has 1 aromatic rings. The molecule has 2 heteroatoms. The average Bonchev–Trinajstić information content (AvgIpc) is 2.36. The van der Waals surface area contributed by atoms with Crippen molar-refractivity contribution < 1.29 is 5.11 Å². The van der Waals surface area contributed by atoms with Gasteiger partial charge >= 0.3 is 0 Å². The van der Waals surface area contributed by atoms with Crippen LogP contribution in [0.25, 0.3) is 0 Å². The fraction of sp³-hybridized carbons (Fsp3) is 0.600. The molecule has 2 nitrogen and oxygen atoms in total. The Morgan fingerprint density at radius 2 is 1.82 bits per heavy atom. The molecule has 0 aliphatic carbocycles. The summed E-state index contributed by atoms with van der Waals surface area (Å²) in [4.78, 5) is 0. The highest BCUT2D eigenvalue weighted by molar-refractivity contribution is 5.24. The number of nitrogens with one attached hydrogen (secondary N) is 1. The third kappa shape index (κ3) is 4.88. The van der Waals surface area contributed by atoms with Gasteiger partial charge in [-0.25, -0.2) is 0 Å². The lowest BCUT2D eigenvalue weighted by Gasteiger charge is -2.17. The summed E-state index contributed by atoms with van der Waals surface area (Å²) in [6.07, 6.45) is 2.76. The SMILES string of the molecule is CCCC(O)CNC(C)c1ccc(CC)cc1. The molecule has 0 aromatic heterocycles. The summed E-state index contributed by atoms with van der Waals surface area (Å²) in [7, 11) is 0. The van der Waals surface area contributed by atoms with Gasteiger partial charge in [0.15, 0.2) is 0 Å². The van der Waals surface area contributed by atoms with Gasteiger partial charge in [-0.15, -0.1) is 0 Å². The van der Waals surface area contributed by atoms with Crippen LogP contribution in [0.5, 0.6) is 0 Å². The zero-order valence-electron chi connectivity index (χ0n) is 11.2. The lowest BCUT2D eigenvalue weighted by Crippen LogP contribution is -2.28. The highest BCUT2D eigenvalue weighted by Gasteiger charge is 2.07. The second-order valence-electron chi connectivity index (χ2n) is 4.67. The number of aryl methyl sites for hydroxylation is 1. The van der Waals surface area contributed by atoms with Gasteiger partial charge in [0, 0.05) is 12.6 Å². The number of hydrogen-bond donors (Lipinski definition) is 2. The van der Waals surface area contributed by atoms with Crippen LogP contribution in [0.15, 0.2) is 24.3 Å². The Morgan fingerprint density at radius 3 is 2.35 bits per heavy atom.